The normalized spacial score (nSPS) is 23.7. The summed E-state index contributed by atoms with van der Waals surface area (Å²) < 4.78 is 14.0. The van der Waals surface area contributed by atoms with Crippen molar-refractivity contribution >= 4 is 5.69 Å². The first kappa shape index (κ1) is 14.3. The molecule has 0 aliphatic carbocycles. The van der Waals surface area contributed by atoms with Gasteiger partial charge in [-0.15, -0.1) is 0 Å². The quantitative estimate of drug-likeness (QED) is 0.877. The largest absolute Gasteiger partial charge is 0.388 e. The van der Waals surface area contributed by atoms with Crippen molar-refractivity contribution in [2.75, 3.05) is 24.5 Å². The summed E-state index contributed by atoms with van der Waals surface area (Å²) in [4.78, 5) is 2.10. The lowest BCUT2D eigenvalue weighted by atomic mass is 9.94. The van der Waals surface area contributed by atoms with E-state index in [0.29, 0.717) is 18.7 Å². The number of rotatable bonds is 4. The molecule has 1 unspecified atom stereocenters. The Balaban J connectivity index is 2.25. The fraction of sp³-hybridized carbons (Fsp3) is 0.600. The molecule has 1 aliphatic heterocycles. The van der Waals surface area contributed by atoms with Crippen LogP contribution in [0.1, 0.15) is 32.3 Å². The van der Waals surface area contributed by atoms with E-state index in [-0.39, 0.29) is 5.82 Å². The molecule has 0 spiro atoms. The van der Waals surface area contributed by atoms with Crippen LogP contribution in [0, 0.1) is 5.82 Å². The number of β-amino-alcohol motifs (C(OH)–C–C–N with tert-alkyl or cyclic N) is 1. The number of nitrogens with one attached hydrogen (secondary N) is 1. The van der Waals surface area contributed by atoms with E-state index in [9.17, 15) is 9.50 Å². The van der Waals surface area contributed by atoms with Crippen LogP contribution in [0.3, 0.4) is 0 Å². The van der Waals surface area contributed by atoms with Crippen molar-refractivity contribution in [3.8, 4) is 0 Å². The molecule has 0 saturated carbocycles. The average Bonchev–Trinajstić information content (AvgIpc) is 2.36. The second kappa shape index (κ2) is 5.88. The minimum Gasteiger partial charge on any atom is -0.388 e. The van der Waals surface area contributed by atoms with E-state index in [4.69, 9.17) is 0 Å². The summed E-state index contributed by atoms with van der Waals surface area (Å²) in [6.07, 6.45) is 1.74. The summed E-state index contributed by atoms with van der Waals surface area (Å²) in [6, 6.07) is 5.18. The lowest BCUT2D eigenvalue weighted by Gasteiger charge is -2.39. The molecule has 1 fully saturated rings. The van der Waals surface area contributed by atoms with Crippen molar-refractivity contribution in [1.82, 2.24) is 5.32 Å². The minimum absolute atomic E-state index is 0.177. The predicted octanol–water partition coefficient (Wildman–Crippen LogP) is 2.29. The van der Waals surface area contributed by atoms with E-state index >= 15 is 0 Å². The van der Waals surface area contributed by atoms with Gasteiger partial charge in [0.25, 0.3) is 0 Å². The monoisotopic (exact) mass is 266 g/mol. The van der Waals surface area contributed by atoms with Gasteiger partial charge in [0.1, 0.15) is 5.82 Å². The molecule has 1 aromatic carbocycles. The fourth-order valence-electron chi connectivity index (χ4n) is 2.69. The molecule has 0 radical (unpaired) electrons. The zero-order valence-corrected chi connectivity index (χ0v) is 11.7. The highest BCUT2D eigenvalue weighted by Gasteiger charge is 2.29. The van der Waals surface area contributed by atoms with Crippen LogP contribution < -0.4 is 10.2 Å². The first-order valence-electron chi connectivity index (χ1n) is 6.99. The molecule has 1 saturated heterocycles. The summed E-state index contributed by atoms with van der Waals surface area (Å²) in [7, 11) is 0. The summed E-state index contributed by atoms with van der Waals surface area (Å²) in [5.74, 6) is -0.177. The smallest absolute Gasteiger partial charge is 0.129 e. The number of nitrogens with zero attached hydrogens (tertiary/aromatic N) is 1. The maximum atomic E-state index is 14.0. The fourth-order valence-corrected chi connectivity index (χ4v) is 2.69. The molecule has 0 bridgehead atoms. The maximum Gasteiger partial charge on any atom is 0.129 e. The van der Waals surface area contributed by atoms with Crippen LogP contribution in [0.15, 0.2) is 18.2 Å². The topological polar surface area (TPSA) is 35.5 Å². The van der Waals surface area contributed by atoms with Gasteiger partial charge >= 0.3 is 0 Å². The number of hydrogen-bond acceptors (Lipinski definition) is 3. The Kier molecular flexibility index (Phi) is 4.42. The van der Waals surface area contributed by atoms with Crippen molar-refractivity contribution < 1.29 is 9.50 Å². The van der Waals surface area contributed by atoms with Gasteiger partial charge in [0.15, 0.2) is 0 Å². The number of halogens is 1. The van der Waals surface area contributed by atoms with E-state index in [0.717, 1.165) is 31.6 Å². The Hall–Kier alpha value is -1.13. The molecule has 2 N–H and O–H groups in total. The Morgan fingerprint density at radius 2 is 2.26 bits per heavy atom. The van der Waals surface area contributed by atoms with Gasteiger partial charge in [-0.05, 0) is 38.4 Å². The van der Waals surface area contributed by atoms with Gasteiger partial charge < -0.3 is 15.3 Å². The second-order valence-corrected chi connectivity index (χ2v) is 5.54. The molecule has 3 nitrogen and oxygen atoms in total. The van der Waals surface area contributed by atoms with Crippen LogP contribution in [0.2, 0.25) is 0 Å². The Morgan fingerprint density at radius 1 is 1.47 bits per heavy atom. The van der Waals surface area contributed by atoms with Crippen LogP contribution in [-0.4, -0.2) is 30.3 Å². The van der Waals surface area contributed by atoms with Crippen molar-refractivity contribution in [2.45, 2.75) is 38.8 Å². The molecular weight excluding hydrogens is 243 g/mol. The van der Waals surface area contributed by atoms with Gasteiger partial charge in [-0.25, -0.2) is 4.39 Å². The van der Waals surface area contributed by atoms with Crippen molar-refractivity contribution in [3.05, 3.63) is 29.6 Å². The molecule has 0 amide bonds. The molecule has 1 heterocycles. The number of anilines is 1. The van der Waals surface area contributed by atoms with Crippen LogP contribution in [0.4, 0.5) is 10.1 Å². The summed E-state index contributed by atoms with van der Waals surface area (Å²) >= 11 is 0. The van der Waals surface area contributed by atoms with Crippen molar-refractivity contribution in [1.29, 1.82) is 0 Å². The summed E-state index contributed by atoms with van der Waals surface area (Å²) in [5.41, 5.74) is 0.919. The Bertz CT molecular complexity index is 434. The molecule has 106 valence electrons. The SMILES string of the molecule is CCNCc1c(F)cccc1N1CCCC(C)(O)C1. The van der Waals surface area contributed by atoms with E-state index < -0.39 is 5.60 Å². The van der Waals surface area contributed by atoms with E-state index in [1.165, 1.54) is 6.07 Å². The molecule has 19 heavy (non-hydrogen) atoms. The first-order chi connectivity index (χ1) is 9.03. The highest BCUT2D eigenvalue weighted by atomic mass is 19.1. The first-order valence-corrected chi connectivity index (χ1v) is 6.99. The van der Waals surface area contributed by atoms with Gasteiger partial charge in [-0.3, -0.25) is 0 Å². The van der Waals surface area contributed by atoms with E-state index in [1.807, 2.05) is 19.9 Å². The van der Waals surface area contributed by atoms with Gasteiger partial charge in [0, 0.05) is 30.9 Å². The number of piperidine rings is 1. The highest BCUT2D eigenvalue weighted by Crippen LogP contribution is 2.29. The third kappa shape index (κ3) is 3.45. The Labute approximate surface area is 114 Å². The zero-order valence-electron chi connectivity index (χ0n) is 11.7. The number of hydrogen-bond donors (Lipinski definition) is 2. The second-order valence-electron chi connectivity index (χ2n) is 5.54. The van der Waals surface area contributed by atoms with Gasteiger partial charge in [0.05, 0.1) is 5.60 Å². The van der Waals surface area contributed by atoms with Crippen molar-refractivity contribution in [2.24, 2.45) is 0 Å². The summed E-state index contributed by atoms with van der Waals surface area (Å²) in [6.45, 7) is 6.63. The molecule has 2 rings (SSSR count). The molecular formula is C15H23FN2O. The van der Waals surface area contributed by atoms with E-state index in [1.54, 1.807) is 6.07 Å². The average molecular weight is 266 g/mol. The molecule has 1 atom stereocenters. The standard InChI is InChI=1S/C15H23FN2O/c1-3-17-10-12-13(16)6-4-7-14(12)18-9-5-8-15(2,19)11-18/h4,6-7,17,19H,3,5,8-11H2,1-2H3. The number of benzene rings is 1. The van der Waals surface area contributed by atoms with E-state index in [2.05, 4.69) is 10.2 Å². The van der Waals surface area contributed by atoms with Gasteiger partial charge in [-0.2, -0.15) is 0 Å². The minimum atomic E-state index is -0.681. The van der Waals surface area contributed by atoms with Crippen LogP contribution >= 0.6 is 0 Å². The summed E-state index contributed by atoms with van der Waals surface area (Å²) in [5, 5.41) is 13.4. The third-order valence-electron chi connectivity index (χ3n) is 3.66. The lowest BCUT2D eigenvalue weighted by Crippen LogP contribution is -2.46. The van der Waals surface area contributed by atoms with Crippen LogP contribution in [-0.2, 0) is 6.54 Å². The molecule has 4 heteroatoms. The van der Waals surface area contributed by atoms with Crippen LogP contribution in [0.25, 0.3) is 0 Å². The molecule has 0 aromatic heterocycles. The lowest BCUT2D eigenvalue weighted by molar-refractivity contribution is 0.0448. The molecule has 1 aliphatic rings. The maximum absolute atomic E-state index is 14.0. The predicted molar refractivity (Wildman–Crippen MR) is 75.9 cm³/mol. The highest BCUT2D eigenvalue weighted by molar-refractivity contribution is 5.55. The zero-order chi connectivity index (χ0) is 13.9. The third-order valence-corrected chi connectivity index (χ3v) is 3.66. The van der Waals surface area contributed by atoms with Crippen molar-refractivity contribution in [3.63, 3.8) is 0 Å². The van der Waals surface area contributed by atoms with Crippen LogP contribution in [0.5, 0.6) is 0 Å². The number of aliphatic hydroxyl groups is 1. The molecule has 1 aromatic rings. The van der Waals surface area contributed by atoms with Gasteiger partial charge in [0.2, 0.25) is 0 Å². The Morgan fingerprint density at radius 3 is 2.95 bits per heavy atom. The van der Waals surface area contributed by atoms with Gasteiger partial charge in [-0.1, -0.05) is 13.0 Å².